The van der Waals surface area contributed by atoms with Gasteiger partial charge in [-0.15, -0.1) is 0 Å². The van der Waals surface area contributed by atoms with E-state index in [1.807, 2.05) is 0 Å². The summed E-state index contributed by atoms with van der Waals surface area (Å²) in [5.74, 6) is -0.127. The van der Waals surface area contributed by atoms with Gasteiger partial charge in [-0.3, -0.25) is 24.3 Å². The van der Waals surface area contributed by atoms with Gasteiger partial charge in [-0.25, -0.2) is 0 Å². The van der Waals surface area contributed by atoms with Gasteiger partial charge in [0.15, 0.2) is 0 Å². The molecule has 12 nitrogen and oxygen atoms in total. The van der Waals surface area contributed by atoms with Crippen molar-refractivity contribution >= 4 is 11.8 Å². The maximum Gasteiger partial charge on any atom is 0.246 e. The van der Waals surface area contributed by atoms with E-state index in [4.69, 9.17) is 18.9 Å². The summed E-state index contributed by atoms with van der Waals surface area (Å²) >= 11 is 0. The lowest BCUT2D eigenvalue weighted by Gasteiger charge is -2.34. The molecule has 2 amide bonds. The van der Waals surface area contributed by atoms with Crippen LogP contribution >= 0.6 is 0 Å². The molecule has 0 aromatic heterocycles. The van der Waals surface area contributed by atoms with Crippen LogP contribution in [0, 0.1) is 0 Å². The third-order valence-electron chi connectivity index (χ3n) is 7.56. The van der Waals surface area contributed by atoms with Crippen molar-refractivity contribution in [3.63, 3.8) is 0 Å². The zero-order valence-corrected chi connectivity index (χ0v) is 25.9. The summed E-state index contributed by atoms with van der Waals surface area (Å²) in [4.78, 5) is 32.8. The van der Waals surface area contributed by atoms with Gasteiger partial charge in [0.25, 0.3) is 0 Å². The van der Waals surface area contributed by atoms with Crippen molar-refractivity contribution in [2.45, 2.75) is 32.1 Å². The SMILES string of the molecule is CNC(=O)COCCCCCOCCN1CCN(CCNC(=O)COCCCCOCCN2CCN(C)CC2)CC1. The van der Waals surface area contributed by atoms with Crippen LogP contribution in [-0.4, -0.2) is 177 Å². The van der Waals surface area contributed by atoms with Crippen LogP contribution in [0.1, 0.15) is 32.1 Å². The molecule has 2 heterocycles. The molecule has 240 valence electrons. The molecule has 41 heavy (non-hydrogen) atoms. The van der Waals surface area contributed by atoms with Gasteiger partial charge in [-0.05, 0) is 39.2 Å². The highest BCUT2D eigenvalue weighted by Crippen LogP contribution is 2.02. The minimum Gasteiger partial charge on any atom is -0.380 e. The number of nitrogens with one attached hydrogen (secondary N) is 2. The summed E-state index contributed by atoms with van der Waals surface area (Å²) in [7, 11) is 3.78. The largest absolute Gasteiger partial charge is 0.380 e. The molecule has 2 aliphatic heterocycles. The molecule has 0 aliphatic carbocycles. The van der Waals surface area contributed by atoms with E-state index >= 15 is 0 Å². The third kappa shape index (κ3) is 19.4. The monoisotopic (exact) mass is 586 g/mol. The van der Waals surface area contributed by atoms with E-state index in [9.17, 15) is 9.59 Å². The lowest BCUT2D eigenvalue weighted by atomic mass is 10.2. The van der Waals surface area contributed by atoms with Gasteiger partial charge in [0.1, 0.15) is 13.2 Å². The standard InChI is InChI=1S/C29H58N6O6/c1-30-28(36)26-40-22-5-3-4-20-38-25-19-35-16-14-33(15-17-35)9-8-31-29(37)27-41-23-7-6-21-39-24-18-34-12-10-32(2)11-13-34/h3-27H2,1-2H3,(H,30,36)(H,31,37). The van der Waals surface area contributed by atoms with Crippen LogP contribution in [0.5, 0.6) is 0 Å². The number of ether oxygens (including phenoxy) is 4. The summed E-state index contributed by atoms with van der Waals surface area (Å²) in [6.07, 6.45) is 4.88. The minimum absolute atomic E-state index is 0.0411. The number of carbonyl (C=O) groups excluding carboxylic acids is 2. The van der Waals surface area contributed by atoms with Crippen LogP contribution in [0.2, 0.25) is 0 Å². The zero-order valence-electron chi connectivity index (χ0n) is 25.9. The fraction of sp³-hybridized carbons (Fsp3) is 0.931. The molecule has 2 aliphatic rings. The topological polar surface area (TPSA) is 108 Å². The van der Waals surface area contributed by atoms with E-state index in [1.54, 1.807) is 7.05 Å². The molecular formula is C29H58N6O6. The number of carbonyl (C=O) groups is 2. The van der Waals surface area contributed by atoms with Gasteiger partial charge < -0.3 is 34.5 Å². The fourth-order valence-electron chi connectivity index (χ4n) is 4.70. The molecule has 0 bridgehead atoms. The van der Waals surface area contributed by atoms with Crippen molar-refractivity contribution in [2.75, 3.05) is 145 Å². The molecule has 2 N–H and O–H groups in total. The number of amides is 2. The van der Waals surface area contributed by atoms with Crippen LogP contribution in [0.4, 0.5) is 0 Å². The van der Waals surface area contributed by atoms with Crippen LogP contribution < -0.4 is 10.6 Å². The van der Waals surface area contributed by atoms with Gasteiger partial charge >= 0.3 is 0 Å². The second-order valence-corrected chi connectivity index (χ2v) is 10.9. The average molecular weight is 587 g/mol. The van der Waals surface area contributed by atoms with E-state index in [0.29, 0.717) is 19.8 Å². The first-order chi connectivity index (χ1) is 20.1. The molecule has 2 rings (SSSR count). The maximum atomic E-state index is 12.0. The first-order valence-corrected chi connectivity index (χ1v) is 15.7. The van der Waals surface area contributed by atoms with E-state index < -0.39 is 0 Å². The number of hydrogen-bond donors (Lipinski definition) is 2. The number of rotatable bonds is 24. The smallest absolute Gasteiger partial charge is 0.246 e. The summed E-state index contributed by atoms with van der Waals surface area (Å²) in [5.41, 5.74) is 0. The maximum absolute atomic E-state index is 12.0. The second-order valence-electron chi connectivity index (χ2n) is 10.9. The summed E-state index contributed by atoms with van der Waals surface area (Å²) in [6.45, 7) is 16.7. The van der Waals surface area contributed by atoms with Crippen LogP contribution in [0.25, 0.3) is 0 Å². The van der Waals surface area contributed by atoms with Crippen molar-refractivity contribution in [1.82, 2.24) is 30.2 Å². The van der Waals surface area contributed by atoms with Gasteiger partial charge in [0.05, 0.1) is 13.2 Å². The Labute approximate surface area is 248 Å². The van der Waals surface area contributed by atoms with Crippen molar-refractivity contribution in [3.05, 3.63) is 0 Å². The lowest BCUT2D eigenvalue weighted by Crippen LogP contribution is -2.49. The van der Waals surface area contributed by atoms with E-state index in [1.165, 1.54) is 0 Å². The highest BCUT2D eigenvalue weighted by molar-refractivity contribution is 5.77. The highest BCUT2D eigenvalue weighted by Gasteiger charge is 2.16. The average Bonchev–Trinajstić information content (AvgIpc) is 2.98. The number of unbranched alkanes of at least 4 members (excludes halogenated alkanes) is 3. The van der Waals surface area contributed by atoms with Gasteiger partial charge in [-0.2, -0.15) is 0 Å². The van der Waals surface area contributed by atoms with Gasteiger partial charge in [0.2, 0.25) is 11.8 Å². The molecule has 2 fully saturated rings. The van der Waals surface area contributed by atoms with Crippen molar-refractivity contribution in [2.24, 2.45) is 0 Å². The first kappa shape index (κ1) is 35.8. The molecule has 0 atom stereocenters. The highest BCUT2D eigenvalue weighted by atomic mass is 16.5. The predicted octanol–water partition coefficient (Wildman–Crippen LogP) is -0.269. The molecule has 0 radical (unpaired) electrons. The molecule has 0 unspecified atom stereocenters. The third-order valence-corrected chi connectivity index (χ3v) is 7.56. The van der Waals surface area contributed by atoms with E-state index in [-0.39, 0.29) is 25.0 Å². The molecule has 0 saturated carbocycles. The summed E-state index contributed by atoms with van der Waals surface area (Å²) in [5, 5.41) is 5.51. The Kier molecular flexibility index (Phi) is 21.1. The summed E-state index contributed by atoms with van der Waals surface area (Å²) in [6, 6.07) is 0. The molecular weight excluding hydrogens is 528 g/mol. The Balaban J connectivity index is 1.29. The molecule has 0 aromatic carbocycles. The van der Waals surface area contributed by atoms with Gasteiger partial charge in [0, 0.05) is 112 Å². The number of hydrogen-bond acceptors (Lipinski definition) is 10. The Hall–Kier alpha value is -1.38. The molecule has 12 heteroatoms. The lowest BCUT2D eigenvalue weighted by molar-refractivity contribution is -0.126. The van der Waals surface area contributed by atoms with Gasteiger partial charge in [-0.1, -0.05) is 0 Å². The summed E-state index contributed by atoms with van der Waals surface area (Å²) < 4.78 is 22.4. The molecule has 0 spiro atoms. The number of nitrogens with zero attached hydrogens (tertiary/aromatic N) is 4. The Morgan fingerprint density at radius 1 is 0.561 bits per heavy atom. The Morgan fingerprint density at radius 2 is 1.00 bits per heavy atom. The van der Waals surface area contributed by atoms with E-state index in [2.05, 4.69) is 37.3 Å². The van der Waals surface area contributed by atoms with Crippen LogP contribution in [0.15, 0.2) is 0 Å². The minimum atomic E-state index is -0.0859. The zero-order chi connectivity index (χ0) is 29.4. The van der Waals surface area contributed by atoms with Crippen LogP contribution in [-0.2, 0) is 28.5 Å². The molecule has 0 aromatic rings. The predicted molar refractivity (Wildman–Crippen MR) is 160 cm³/mol. The Morgan fingerprint density at radius 3 is 1.54 bits per heavy atom. The first-order valence-electron chi connectivity index (χ1n) is 15.7. The quantitative estimate of drug-likeness (QED) is 0.147. The number of piperazine rings is 2. The number of likely N-dealkylation sites (N-methyl/N-ethyl adjacent to an activating group) is 2. The van der Waals surface area contributed by atoms with Crippen LogP contribution in [0.3, 0.4) is 0 Å². The van der Waals surface area contributed by atoms with Crippen molar-refractivity contribution in [1.29, 1.82) is 0 Å². The van der Waals surface area contributed by atoms with Crippen molar-refractivity contribution in [3.8, 4) is 0 Å². The van der Waals surface area contributed by atoms with Crippen molar-refractivity contribution < 1.29 is 28.5 Å². The second kappa shape index (κ2) is 24.1. The Bertz CT molecular complexity index is 660. The normalized spacial score (nSPS) is 17.6. The van der Waals surface area contributed by atoms with E-state index in [0.717, 1.165) is 131 Å². The fourth-order valence-corrected chi connectivity index (χ4v) is 4.70. The molecule has 2 saturated heterocycles.